The largest absolute Gasteiger partial charge is 0.507 e. The second-order valence-electron chi connectivity index (χ2n) is 4.18. The Morgan fingerprint density at radius 2 is 2.24 bits per heavy atom. The first kappa shape index (κ1) is 13.8. The molecule has 0 fully saturated rings. The van der Waals surface area contributed by atoms with E-state index in [1.807, 2.05) is 6.92 Å². The number of nitrogens with one attached hydrogen (secondary N) is 1. The van der Waals surface area contributed by atoms with E-state index in [0.717, 1.165) is 19.3 Å². The first-order valence-electron chi connectivity index (χ1n) is 5.84. The van der Waals surface area contributed by atoms with E-state index in [-0.39, 0.29) is 23.3 Å². The number of rotatable bonds is 5. The molecule has 94 valence electrons. The van der Waals surface area contributed by atoms with Crippen LogP contribution in [0.5, 0.6) is 5.75 Å². The van der Waals surface area contributed by atoms with Crippen LogP contribution >= 0.6 is 11.6 Å². The third-order valence-electron chi connectivity index (χ3n) is 2.57. The van der Waals surface area contributed by atoms with Gasteiger partial charge in [-0.25, -0.2) is 0 Å². The van der Waals surface area contributed by atoms with Crippen molar-refractivity contribution in [3.8, 4) is 5.75 Å². The zero-order valence-electron chi connectivity index (χ0n) is 10.2. The summed E-state index contributed by atoms with van der Waals surface area (Å²) in [5, 5.41) is 12.9. The van der Waals surface area contributed by atoms with Crippen LogP contribution in [0.1, 0.15) is 43.5 Å². The van der Waals surface area contributed by atoms with Crippen molar-refractivity contribution in [1.29, 1.82) is 0 Å². The minimum Gasteiger partial charge on any atom is -0.507 e. The predicted molar refractivity (Wildman–Crippen MR) is 69.6 cm³/mol. The Morgan fingerprint density at radius 1 is 1.53 bits per heavy atom. The van der Waals surface area contributed by atoms with Crippen molar-refractivity contribution in [3.63, 3.8) is 0 Å². The number of carbonyl (C=O) groups is 1. The van der Waals surface area contributed by atoms with Crippen molar-refractivity contribution in [2.45, 2.75) is 39.2 Å². The van der Waals surface area contributed by atoms with Gasteiger partial charge in [-0.05, 0) is 31.5 Å². The molecule has 0 aliphatic heterocycles. The molecule has 1 unspecified atom stereocenters. The van der Waals surface area contributed by atoms with Crippen LogP contribution < -0.4 is 5.32 Å². The van der Waals surface area contributed by atoms with Gasteiger partial charge in [0.15, 0.2) is 0 Å². The minimum absolute atomic E-state index is 0.0467. The van der Waals surface area contributed by atoms with Gasteiger partial charge in [-0.3, -0.25) is 4.79 Å². The lowest BCUT2D eigenvalue weighted by Gasteiger charge is -2.14. The number of halogens is 1. The van der Waals surface area contributed by atoms with Gasteiger partial charge in [-0.15, -0.1) is 0 Å². The van der Waals surface area contributed by atoms with Crippen molar-refractivity contribution < 1.29 is 9.90 Å². The Bertz CT molecular complexity index is 393. The highest BCUT2D eigenvalue weighted by Crippen LogP contribution is 2.21. The maximum Gasteiger partial charge on any atom is 0.255 e. The third kappa shape index (κ3) is 4.27. The maximum atomic E-state index is 11.9. The molecule has 0 bridgehead atoms. The number of carbonyl (C=O) groups excluding carboxylic acids is 1. The molecular formula is C13H18ClNO2. The molecule has 1 atom stereocenters. The number of benzene rings is 1. The number of amides is 1. The minimum atomic E-state index is -0.284. The highest BCUT2D eigenvalue weighted by molar-refractivity contribution is 6.31. The van der Waals surface area contributed by atoms with Crippen molar-refractivity contribution in [3.05, 3.63) is 28.8 Å². The quantitative estimate of drug-likeness (QED) is 0.848. The Balaban J connectivity index is 2.66. The Labute approximate surface area is 107 Å². The number of phenolic OH excluding ortho intramolecular Hbond substituents is 1. The van der Waals surface area contributed by atoms with E-state index in [1.165, 1.54) is 12.1 Å². The summed E-state index contributed by atoms with van der Waals surface area (Å²) in [6, 6.07) is 4.54. The normalized spacial score (nSPS) is 12.2. The summed E-state index contributed by atoms with van der Waals surface area (Å²) in [4.78, 5) is 11.9. The highest BCUT2D eigenvalue weighted by atomic mass is 35.5. The van der Waals surface area contributed by atoms with Gasteiger partial charge in [0.05, 0.1) is 5.56 Å². The monoisotopic (exact) mass is 255 g/mol. The highest BCUT2D eigenvalue weighted by Gasteiger charge is 2.13. The fourth-order valence-electron chi connectivity index (χ4n) is 1.57. The number of phenols is 1. The lowest BCUT2D eigenvalue weighted by molar-refractivity contribution is 0.0935. The van der Waals surface area contributed by atoms with Gasteiger partial charge < -0.3 is 10.4 Å². The van der Waals surface area contributed by atoms with E-state index < -0.39 is 0 Å². The lowest BCUT2D eigenvalue weighted by atomic mass is 10.1. The van der Waals surface area contributed by atoms with E-state index in [4.69, 9.17) is 11.6 Å². The molecular weight excluding hydrogens is 238 g/mol. The summed E-state index contributed by atoms with van der Waals surface area (Å²) in [6.45, 7) is 4.06. The van der Waals surface area contributed by atoms with E-state index in [2.05, 4.69) is 12.2 Å². The number of hydrogen-bond donors (Lipinski definition) is 2. The second kappa shape index (κ2) is 6.50. The average molecular weight is 256 g/mol. The van der Waals surface area contributed by atoms with Crippen LogP contribution in [0.4, 0.5) is 0 Å². The Morgan fingerprint density at radius 3 is 2.88 bits per heavy atom. The lowest BCUT2D eigenvalue weighted by Crippen LogP contribution is -2.32. The van der Waals surface area contributed by atoms with Crippen LogP contribution in [-0.4, -0.2) is 17.1 Å². The molecule has 0 heterocycles. The molecule has 17 heavy (non-hydrogen) atoms. The summed E-state index contributed by atoms with van der Waals surface area (Å²) in [6.07, 6.45) is 3.11. The SMILES string of the molecule is CCCCC(C)NC(=O)c1cc(Cl)ccc1O. The van der Waals surface area contributed by atoms with Crippen molar-refractivity contribution >= 4 is 17.5 Å². The molecule has 1 aromatic carbocycles. The first-order valence-corrected chi connectivity index (χ1v) is 6.21. The van der Waals surface area contributed by atoms with Crippen LogP contribution in [0.15, 0.2) is 18.2 Å². The number of aromatic hydroxyl groups is 1. The summed E-state index contributed by atoms with van der Waals surface area (Å²) >= 11 is 5.79. The van der Waals surface area contributed by atoms with Gasteiger partial charge in [0.25, 0.3) is 5.91 Å². The zero-order valence-corrected chi connectivity index (χ0v) is 10.9. The maximum absolute atomic E-state index is 11.9. The molecule has 0 aliphatic carbocycles. The van der Waals surface area contributed by atoms with Crippen LogP contribution in [-0.2, 0) is 0 Å². The molecule has 2 N–H and O–H groups in total. The smallest absolute Gasteiger partial charge is 0.255 e. The second-order valence-corrected chi connectivity index (χ2v) is 4.61. The van der Waals surface area contributed by atoms with Gasteiger partial charge in [-0.2, -0.15) is 0 Å². The molecule has 0 aliphatic rings. The van der Waals surface area contributed by atoms with Crippen LogP contribution in [0.3, 0.4) is 0 Å². The molecule has 1 amide bonds. The molecule has 0 saturated carbocycles. The molecule has 1 rings (SSSR count). The van der Waals surface area contributed by atoms with Gasteiger partial charge in [0.1, 0.15) is 5.75 Å². The molecule has 1 aromatic rings. The van der Waals surface area contributed by atoms with Crippen LogP contribution in [0, 0.1) is 0 Å². The molecule has 0 saturated heterocycles. The molecule has 0 radical (unpaired) electrons. The summed E-state index contributed by atoms with van der Waals surface area (Å²) in [5.41, 5.74) is 0.223. The van der Waals surface area contributed by atoms with Crippen LogP contribution in [0.2, 0.25) is 5.02 Å². The fourth-order valence-corrected chi connectivity index (χ4v) is 1.75. The van der Waals surface area contributed by atoms with Crippen molar-refractivity contribution in [2.24, 2.45) is 0 Å². The van der Waals surface area contributed by atoms with Gasteiger partial charge in [-0.1, -0.05) is 31.4 Å². The summed E-state index contributed by atoms with van der Waals surface area (Å²) < 4.78 is 0. The topological polar surface area (TPSA) is 49.3 Å². The van der Waals surface area contributed by atoms with E-state index >= 15 is 0 Å². The summed E-state index contributed by atoms with van der Waals surface area (Å²) in [5.74, 6) is -0.330. The molecule has 0 aromatic heterocycles. The van der Waals surface area contributed by atoms with Crippen molar-refractivity contribution in [1.82, 2.24) is 5.32 Å². The number of hydrogen-bond acceptors (Lipinski definition) is 2. The molecule has 0 spiro atoms. The van der Waals surface area contributed by atoms with Gasteiger partial charge >= 0.3 is 0 Å². The fraction of sp³-hybridized carbons (Fsp3) is 0.462. The molecule has 3 nitrogen and oxygen atoms in total. The van der Waals surface area contributed by atoms with Gasteiger partial charge in [0.2, 0.25) is 0 Å². The Kier molecular flexibility index (Phi) is 5.29. The average Bonchev–Trinajstić information content (AvgIpc) is 2.29. The molecule has 4 heteroatoms. The Hall–Kier alpha value is -1.22. The summed E-state index contributed by atoms with van der Waals surface area (Å²) in [7, 11) is 0. The van der Waals surface area contributed by atoms with E-state index in [9.17, 15) is 9.90 Å². The standard InChI is InChI=1S/C13H18ClNO2/c1-3-4-5-9(2)15-13(17)11-8-10(14)6-7-12(11)16/h6-9,16H,3-5H2,1-2H3,(H,15,17). The predicted octanol–water partition coefficient (Wildman–Crippen LogP) is 3.35. The van der Waals surface area contributed by atoms with Gasteiger partial charge in [0, 0.05) is 11.1 Å². The van der Waals surface area contributed by atoms with Crippen LogP contribution in [0.25, 0.3) is 0 Å². The van der Waals surface area contributed by atoms with Crippen molar-refractivity contribution in [2.75, 3.05) is 0 Å². The zero-order chi connectivity index (χ0) is 12.8. The van der Waals surface area contributed by atoms with E-state index in [0.29, 0.717) is 5.02 Å². The first-order chi connectivity index (χ1) is 8.04. The third-order valence-corrected chi connectivity index (χ3v) is 2.81. The number of unbranched alkanes of at least 4 members (excludes halogenated alkanes) is 1. The van der Waals surface area contributed by atoms with E-state index in [1.54, 1.807) is 6.07 Å².